The summed E-state index contributed by atoms with van der Waals surface area (Å²) in [7, 11) is 0. The summed E-state index contributed by atoms with van der Waals surface area (Å²) in [4.78, 5) is 19.1. The summed E-state index contributed by atoms with van der Waals surface area (Å²) in [5.41, 5.74) is 0.216. The maximum absolute atomic E-state index is 11.6. The number of carbonyl (C=O) groups excluding carboxylic acids is 1. The van der Waals surface area contributed by atoms with E-state index in [1.54, 1.807) is 6.92 Å². The molecule has 104 valence electrons. The van der Waals surface area contributed by atoms with Crippen LogP contribution in [-0.2, 0) is 11.3 Å². The SMILES string of the molecule is CC(=O)N1CCC12CCN(Cc1ccc(C)s1)CC2. The maximum atomic E-state index is 11.6. The fraction of sp³-hybridized carbons (Fsp3) is 0.667. The summed E-state index contributed by atoms with van der Waals surface area (Å²) >= 11 is 1.90. The molecule has 0 bridgehead atoms. The van der Waals surface area contributed by atoms with Crippen molar-refractivity contribution in [2.24, 2.45) is 0 Å². The first-order valence-electron chi connectivity index (χ1n) is 7.15. The van der Waals surface area contributed by atoms with Crippen molar-refractivity contribution in [2.75, 3.05) is 19.6 Å². The van der Waals surface area contributed by atoms with Crippen LogP contribution in [0.15, 0.2) is 12.1 Å². The second-order valence-corrected chi connectivity index (χ2v) is 7.31. The predicted octanol–water partition coefficient (Wildman–Crippen LogP) is 2.64. The van der Waals surface area contributed by atoms with Crippen molar-refractivity contribution >= 4 is 17.2 Å². The Bertz CT molecular complexity index is 474. The van der Waals surface area contributed by atoms with Gasteiger partial charge in [0.25, 0.3) is 0 Å². The number of amides is 1. The average Bonchev–Trinajstić information content (AvgIpc) is 2.74. The van der Waals surface area contributed by atoms with E-state index in [-0.39, 0.29) is 11.4 Å². The van der Waals surface area contributed by atoms with Crippen LogP contribution in [0.4, 0.5) is 0 Å². The lowest BCUT2D eigenvalue weighted by atomic mass is 9.76. The molecule has 0 aromatic carbocycles. The van der Waals surface area contributed by atoms with Crippen LogP contribution in [0.25, 0.3) is 0 Å². The second kappa shape index (κ2) is 4.91. The molecular formula is C15H22N2OS. The molecule has 0 N–H and O–H groups in total. The van der Waals surface area contributed by atoms with E-state index in [0.717, 1.165) is 39.0 Å². The van der Waals surface area contributed by atoms with Gasteiger partial charge in [0, 0.05) is 48.4 Å². The molecule has 2 fully saturated rings. The van der Waals surface area contributed by atoms with Crippen LogP contribution in [0.3, 0.4) is 0 Å². The second-order valence-electron chi connectivity index (χ2n) is 5.93. The molecule has 3 rings (SSSR count). The molecule has 0 saturated carbocycles. The van der Waals surface area contributed by atoms with Gasteiger partial charge in [0.15, 0.2) is 0 Å². The highest BCUT2D eigenvalue weighted by molar-refractivity contribution is 7.11. The van der Waals surface area contributed by atoms with Crippen molar-refractivity contribution < 1.29 is 4.79 Å². The van der Waals surface area contributed by atoms with Gasteiger partial charge < -0.3 is 4.90 Å². The van der Waals surface area contributed by atoms with E-state index in [1.165, 1.54) is 16.2 Å². The molecule has 1 aromatic heterocycles. The van der Waals surface area contributed by atoms with Gasteiger partial charge in [-0.2, -0.15) is 0 Å². The molecule has 0 unspecified atom stereocenters. The first kappa shape index (κ1) is 13.1. The molecule has 19 heavy (non-hydrogen) atoms. The van der Waals surface area contributed by atoms with Crippen molar-refractivity contribution in [3.8, 4) is 0 Å². The number of nitrogens with zero attached hydrogens (tertiary/aromatic N) is 2. The summed E-state index contributed by atoms with van der Waals surface area (Å²) in [5, 5.41) is 0. The number of likely N-dealkylation sites (tertiary alicyclic amines) is 2. The summed E-state index contributed by atoms with van der Waals surface area (Å²) in [5.74, 6) is 0.258. The molecule has 0 aliphatic carbocycles. The van der Waals surface area contributed by atoms with Gasteiger partial charge in [-0.15, -0.1) is 11.3 Å². The summed E-state index contributed by atoms with van der Waals surface area (Å²) in [6.07, 6.45) is 3.51. The molecule has 3 nitrogen and oxygen atoms in total. The van der Waals surface area contributed by atoms with Crippen LogP contribution in [-0.4, -0.2) is 40.9 Å². The van der Waals surface area contributed by atoms with Gasteiger partial charge in [-0.25, -0.2) is 0 Å². The van der Waals surface area contributed by atoms with Crippen molar-refractivity contribution in [3.05, 3.63) is 21.9 Å². The lowest BCUT2D eigenvalue weighted by molar-refractivity contribution is -0.149. The quantitative estimate of drug-likeness (QED) is 0.830. The Morgan fingerprint density at radius 1 is 1.26 bits per heavy atom. The van der Waals surface area contributed by atoms with Crippen LogP contribution in [0.5, 0.6) is 0 Å². The first-order chi connectivity index (χ1) is 9.09. The number of aryl methyl sites for hydroxylation is 1. The first-order valence-corrected chi connectivity index (χ1v) is 7.97. The van der Waals surface area contributed by atoms with E-state index in [4.69, 9.17) is 0 Å². The Kier molecular flexibility index (Phi) is 3.39. The summed E-state index contributed by atoms with van der Waals surface area (Å²) in [6.45, 7) is 8.18. The maximum Gasteiger partial charge on any atom is 0.219 e. The number of hydrogen-bond donors (Lipinski definition) is 0. The molecule has 1 spiro atoms. The van der Waals surface area contributed by atoms with Gasteiger partial charge in [0.05, 0.1) is 0 Å². The zero-order valence-corrected chi connectivity index (χ0v) is 12.6. The van der Waals surface area contributed by atoms with E-state index >= 15 is 0 Å². The van der Waals surface area contributed by atoms with E-state index in [9.17, 15) is 4.79 Å². The van der Waals surface area contributed by atoms with Crippen LogP contribution in [0.1, 0.15) is 35.9 Å². The zero-order chi connectivity index (χ0) is 13.5. The lowest BCUT2D eigenvalue weighted by Crippen LogP contribution is -2.65. The number of carbonyl (C=O) groups is 1. The third-order valence-electron chi connectivity index (χ3n) is 4.72. The number of hydrogen-bond acceptors (Lipinski definition) is 3. The smallest absolute Gasteiger partial charge is 0.219 e. The Morgan fingerprint density at radius 2 is 1.95 bits per heavy atom. The molecular weight excluding hydrogens is 256 g/mol. The fourth-order valence-corrected chi connectivity index (χ4v) is 4.40. The molecule has 1 aromatic rings. The monoisotopic (exact) mass is 278 g/mol. The highest BCUT2D eigenvalue weighted by Gasteiger charge is 2.47. The van der Waals surface area contributed by atoms with E-state index < -0.39 is 0 Å². The number of piperidine rings is 1. The topological polar surface area (TPSA) is 23.6 Å². The molecule has 3 heterocycles. The van der Waals surface area contributed by atoms with Crippen molar-refractivity contribution in [1.82, 2.24) is 9.80 Å². The average molecular weight is 278 g/mol. The highest BCUT2D eigenvalue weighted by atomic mass is 32.1. The summed E-state index contributed by atoms with van der Waals surface area (Å²) < 4.78 is 0. The lowest BCUT2D eigenvalue weighted by Gasteiger charge is -2.56. The van der Waals surface area contributed by atoms with E-state index in [1.807, 2.05) is 11.3 Å². The fourth-order valence-electron chi connectivity index (χ4n) is 3.47. The number of rotatable bonds is 2. The molecule has 0 atom stereocenters. The van der Waals surface area contributed by atoms with Crippen LogP contribution in [0, 0.1) is 6.92 Å². The minimum atomic E-state index is 0.216. The largest absolute Gasteiger partial charge is 0.337 e. The number of thiophene rings is 1. The van der Waals surface area contributed by atoms with E-state index in [0.29, 0.717) is 0 Å². The van der Waals surface area contributed by atoms with Crippen LogP contribution >= 0.6 is 11.3 Å². The van der Waals surface area contributed by atoms with E-state index in [2.05, 4.69) is 28.9 Å². The molecule has 1 amide bonds. The zero-order valence-electron chi connectivity index (χ0n) is 11.8. The Labute approximate surface area is 119 Å². The van der Waals surface area contributed by atoms with Gasteiger partial charge in [0.1, 0.15) is 0 Å². The Balaban J connectivity index is 1.56. The van der Waals surface area contributed by atoms with Crippen molar-refractivity contribution in [3.63, 3.8) is 0 Å². The molecule has 2 aliphatic heterocycles. The Hall–Kier alpha value is -0.870. The summed E-state index contributed by atoms with van der Waals surface area (Å²) in [6, 6.07) is 4.45. The third kappa shape index (κ3) is 2.43. The predicted molar refractivity (Wildman–Crippen MR) is 78.3 cm³/mol. The van der Waals surface area contributed by atoms with Crippen LogP contribution in [0.2, 0.25) is 0 Å². The van der Waals surface area contributed by atoms with Gasteiger partial charge in [0.2, 0.25) is 5.91 Å². The van der Waals surface area contributed by atoms with Gasteiger partial charge >= 0.3 is 0 Å². The third-order valence-corrected chi connectivity index (χ3v) is 5.70. The van der Waals surface area contributed by atoms with Crippen molar-refractivity contribution in [1.29, 1.82) is 0 Å². The molecule has 2 aliphatic rings. The van der Waals surface area contributed by atoms with Gasteiger partial charge in [-0.3, -0.25) is 9.69 Å². The van der Waals surface area contributed by atoms with Gasteiger partial charge in [-0.1, -0.05) is 0 Å². The highest BCUT2D eigenvalue weighted by Crippen LogP contribution is 2.40. The normalized spacial score (nSPS) is 22.5. The standard InChI is InChI=1S/C15H22N2OS/c1-12-3-4-14(19-12)11-16-8-5-15(6-9-16)7-10-17(15)13(2)18/h3-4H,5-11H2,1-2H3. The molecule has 4 heteroatoms. The Morgan fingerprint density at radius 3 is 2.42 bits per heavy atom. The van der Waals surface area contributed by atoms with Gasteiger partial charge in [-0.05, 0) is 38.3 Å². The minimum Gasteiger partial charge on any atom is -0.337 e. The molecule has 2 saturated heterocycles. The van der Waals surface area contributed by atoms with Crippen LogP contribution < -0.4 is 0 Å². The van der Waals surface area contributed by atoms with Crippen molar-refractivity contribution in [2.45, 2.75) is 45.2 Å². The molecule has 0 radical (unpaired) electrons. The minimum absolute atomic E-state index is 0.216.